The minimum atomic E-state index is -1.00. The molecule has 1 aliphatic heterocycles. The first-order valence-corrected chi connectivity index (χ1v) is 6.62. The number of aliphatic carboxylic acids is 1. The number of carbonyl (C=O) groups is 2. The van der Waals surface area contributed by atoms with E-state index in [-0.39, 0.29) is 11.9 Å². The number of ether oxygens (including phenoxy) is 1. The molecule has 114 valence electrons. The second-order valence-corrected chi connectivity index (χ2v) is 5.05. The number of hydrogen-bond acceptors (Lipinski definition) is 5. The van der Waals surface area contributed by atoms with Crippen molar-refractivity contribution >= 4 is 17.9 Å². The molecule has 2 rings (SSSR count). The van der Waals surface area contributed by atoms with Crippen LogP contribution in [0.1, 0.15) is 19.0 Å². The van der Waals surface area contributed by atoms with Gasteiger partial charge in [0, 0.05) is 18.3 Å². The van der Waals surface area contributed by atoms with Crippen LogP contribution in [-0.4, -0.2) is 51.7 Å². The second kappa shape index (κ2) is 5.94. The zero-order chi connectivity index (χ0) is 15.6. The Kier molecular flexibility index (Phi) is 4.25. The van der Waals surface area contributed by atoms with Gasteiger partial charge in [0.2, 0.25) is 11.8 Å². The van der Waals surface area contributed by atoms with Gasteiger partial charge in [-0.1, -0.05) is 6.92 Å². The highest BCUT2D eigenvalue weighted by molar-refractivity contribution is 5.91. The minimum absolute atomic E-state index is 0.0822. The zero-order valence-corrected chi connectivity index (χ0v) is 12.2. The molecule has 0 saturated carbocycles. The third-order valence-electron chi connectivity index (χ3n) is 3.47. The molecular weight excluding hydrogens is 276 g/mol. The number of urea groups is 1. The molecule has 2 unspecified atom stereocenters. The number of methoxy groups -OCH3 is 1. The number of nitrogens with zero attached hydrogens (tertiary/aromatic N) is 3. The van der Waals surface area contributed by atoms with E-state index in [0.29, 0.717) is 24.5 Å². The Labute approximate surface area is 122 Å². The van der Waals surface area contributed by atoms with Crippen molar-refractivity contribution < 1.29 is 19.4 Å². The summed E-state index contributed by atoms with van der Waals surface area (Å²) in [5.74, 6) is -0.651. The Hall–Kier alpha value is -2.38. The van der Waals surface area contributed by atoms with Crippen LogP contribution >= 0.6 is 0 Å². The highest BCUT2D eigenvalue weighted by Gasteiger charge is 2.39. The van der Waals surface area contributed by atoms with Gasteiger partial charge >= 0.3 is 12.0 Å². The van der Waals surface area contributed by atoms with Crippen LogP contribution in [-0.2, 0) is 4.79 Å². The monoisotopic (exact) mass is 294 g/mol. The number of hydrogen-bond donors (Lipinski definition) is 2. The molecule has 2 heterocycles. The topological polar surface area (TPSA) is 105 Å². The van der Waals surface area contributed by atoms with E-state index in [1.807, 2.05) is 6.92 Å². The molecule has 1 saturated heterocycles. The van der Waals surface area contributed by atoms with E-state index in [1.165, 1.54) is 12.0 Å². The van der Waals surface area contributed by atoms with Gasteiger partial charge in [-0.25, -0.2) is 14.6 Å². The summed E-state index contributed by atoms with van der Waals surface area (Å²) in [7, 11) is 1.47. The van der Waals surface area contributed by atoms with Crippen LogP contribution in [0.5, 0.6) is 5.88 Å². The Morgan fingerprint density at radius 2 is 2.19 bits per heavy atom. The van der Waals surface area contributed by atoms with Gasteiger partial charge in [0.05, 0.1) is 7.11 Å². The van der Waals surface area contributed by atoms with Crippen LogP contribution in [0.3, 0.4) is 0 Å². The molecule has 1 aliphatic rings. The SMILES string of the molecule is COc1cc(C)nc(NC(=O)N2CCC(C)C2C(=O)O)n1. The second-order valence-electron chi connectivity index (χ2n) is 5.05. The van der Waals surface area contributed by atoms with Gasteiger partial charge in [0.25, 0.3) is 0 Å². The summed E-state index contributed by atoms with van der Waals surface area (Å²) in [6, 6.07) is 0.296. The van der Waals surface area contributed by atoms with Gasteiger partial charge in [0.1, 0.15) is 6.04 Å². The maximum Gasteiger partial charge on any atom is 0.326 e. The van der Waals surface area contributed by atoms with Gasteiger partial charge in [0.15, 0.2) is 0 Å². The highest BCUT2D eigenvalue weighted by atomic mass is 16.5. The molecule has 1 aromatic heterocycles. The fourth-order valence-corrected chi connectivity index (χ4v) is 2.42. The number of rotatable bonds is 3. The Balaban J connectivity index is 2.14. The van der Waals surface area contributed by atoms with E-state index in [2.05, 4.69) is 15.3 Å². The number of aromatic nitrogens is 2. The molecule has 21 heavy (non-hydrogen) atoms. The van der Waals surface area contributed by atoms with Crippen molar-refractivity contribution in [3.05, 3.63) is 11.8 Å². The van der Waals surface area contributed by atoms with Gasteiger partial charge < -0.3 is 14.7 Å². The molecule has 0 radical (unpaired) electrons. The molecule has 0 aromatic carbocycles. The molecule has 2 amide bonds. The van der Waals surface area contributed by atoms with Crippen molar-refractivity contribution in [2.75, 3.05) is 19.0 Å². The quantitative estimate of drug-likeness (QED) is 0.865. The average Bonchev–Trinajstić information content (AvgIpc) is 2.80. The van der Waals surface area contributed by atoms with Crippen molar-refractivity contribution in [1.29, 1.82) is 0 Å². The van der Waals surface area contributed by atoms with Crippen LogP contribution in [0.4, 0.5) is 10.7 Å². The Morgan fingerprint density at radius 3 is 2.81 bits per heavy atom. The lowest BCUT2D eigenvalue weighted by molar-refractivity contribution is -0.142. The van der Waals surface area contributed by atoms with Gasteiger partial charge in [-0.05, 0) is 19.3 Å². The van der Waals surface area contributed by atoms with Crippen LogP contribution in [0, 0.1) is 12.8 Å². The standard InChI is InChI=1S/C13H18N4O4/c1-7-4-5-17(10(7)11(18)19)13(20)16-12-14-8(2)6-9(15-12)21-3/h6-7,10H,4-5H2,1-3H3,(H,18,19)(H,14,15,16,20). The summed E-state index contributed by atoms with van der Waals surface area (Å²) in [6.45, 7) is 3.96. The van der Waals surface area contributed by atoms with Crippen molar-refractivity contribution in [1.82, 2.24) is 14.9 Å². The summed E-state index contributed by atoms with van der Waals surface area (Å²) in [4.78, 5) is 32.9. The molecule has 1 aromatic rings. The minimum Gasteiger partial charge on any atom is -0.481 e. The number of amides is 2. The molecule has 0 spiro atoms. The van der Waals surface area contributed by atoms with E-state index in [4.69, 9.17) is 4.74 Å². The fourth-order valence-electron chi connectivity index (χ4n) is 2.42. The third-order valence-corrected chi connectivity index (χ3v) is 3.47. The van der Waals surface area contributed by atoms with Crippen molar-refractivity contribution in [2.45, 2.75) is 26.3 Å². The maximum atomic E-state index is 12.2. The van der Waals surface area contributed by atoms with E-state index in [1.54, 1.807) is 13.0 Å². The van der Waals surface area contributed by atoms with Gasteiger partial charge in [-0.15, -0.1) is 0 Å². The summed E-state index contributed by atoms with van der Waals surface area (Å²) in [5, 5.41) is 11.7. The number of nitrogens with one attached hydrogen (secondary N) is 1. The first-order chi connectivity index (χ1) is 9.92. The predicted molar refractivity (Wildman–Crippen MR) is 74.3 cm³/mol. The molecule has 8 nitrogen and oxygen atoms in total. The molecule has 8 heteroatoms. The Morgan fingerprint density at radius 1 is 1.48 bits per heavy atom. The lowest BCUT2D eigenvalue weighted by Gasteiger charge is -2.23. The first kappa shape index (κ1) is 15.0. The number of carboxylic acid groups (broad SMARTS) is 1. The maximum absolute atomic E-state index is 12.2. The van der Waals surface area contributed by atoms with Gasteiger partial charge in [-0.3, -0.25) is 5.32 Å². The number of anilines is 1. The van der Waals surface area contributed by atoms with E-state index in [0.717, 1.165) is 0 Å². The van der Waals surface area contributed by atoms with Crippen LogP contribution in [0.15, 0.2) is 6.07 Å². The third kappa shape index (κ3) is 3.21. The molecule has 2 N–H and O–H groups in total. The smallest absolute Gasteiger partial charge is 0.326 e. The van der Waals surface area contributed by atoms with Crippen molar-refractivity contribution in [2.24, 2.45) is 5.92 Å². The van der Waals surface area contributed by atoms with Crippen LogP contribution in [0.2, 0.25) is 0 Å². The van der Waals surface area contributed by atoms with E-state index >= 15 is 0 Å². The molecule has 2 atom stereocenters. The molecule has 1 fully saturated rings. The highest BCUT2D eigenvalue weighted by Crippen LogP contribution is 2.24. The summed E-state index contributed by atoms with van der Waals surface area (Å²) in [5.41, 5.74) is 0.640. The van der Waals surface area contributed by atoms with Crippen LogP contribution < -0.4 is 10.1 Å². The zero-order valence-electron chi connectivity index (χ0n) is 12.2. The molecular formula is C13H18N4O4. The van der Waals surface area contributed by atoms with Crippen molar-refractivity contribution in [3.63, 3.8) is 0 Å². The average molecular weight is 294 g/mol. The fraction of sp³-hybridized carbons (Fsp3) is 0.538. The first-order valence-electron chi connectivity index (χ1n) is 6.62. The number of likely N-dealkylation sites (tertiary alicyclic amines) is 1. The van der Waals surface area contributed by atoms with E-state index < -0.39 is 18.0 Å². The molecule has 0 aliphatic carbocycles. The van der Waals surface area contributed by atoms with Crippen LogP contribution in [0.25, 0.3) is 0 Å². The number of carbonyl (C=O) groups excluding carboxylic acids is 1. The largest absolute Gasteiger partial charge is 0.481 e. The number of carboxylic acids is 1. The summed E-state index contributed by atoms with van der Waals surface area (Å²) < 4.78 is 5.01. The van der Waals surface area contributed by atoms with Crippen molar-refractivity contribution in [3.8, 4) is 5.88 Å². The molecule has 0 bridgehead atoms. The number of aryl methyl sites for hydroxylation is 1. The summed E-state index contributed by atoms with van der Waals surface area (Å²) in [6.07, 6.45) is 0.655. The normalized spacial score (nSPS) is 21.2. The lowest BCUT2D eigenvalue weighted by atomic mass is 10.0. The predicted octanol–water partition coefficient (Wildman–Crippen LogP) is 1.12. The Bertz CT molecular complexity index is 563. The summed E-state index contributed by atoms with van der Waals surface area (Å²) >= 11 is 0. The lowest BCUT2D eigenvalue weighted by Crippen LogP contribution is -2.45. The van der Waals surface area contributed by atoms with Gasteiger partial charge in [-0.2, -0.15) is 4.98 Å². The van der Waals surface area contributed by atoms with E-state index in [9.17, 15) is 14.7 Å².